The summed E-state index contributed by atoms with van der Waals surface area (Å²) in [6.07, 6.45) is -3.26. The van der Waals surface area contributed by atoms with E-state index in [4.69, 9.17) is 21.1 Å². The first kappa shape index (κ1) is 38.1. The van der Waals surface area contributed by atoms with Crippen LogP contribution in [0.1, 0.15) is 34.3 Å². The highest BCUT2D eigenvalue weighted by Gasteiger charge is 2.45. The molecule has 3 amide bonds. The molecule has 0 saturated heterocycles. The Kier molecular flexibility index (Phi) is 11.8. The summed E-state index contributed by atoms with van der Waals surface area (Å²) in [4.78, 5) is 61.5. The number of nitrogens with one attached hydrogen (secondary N) is 5. The molecule has 1 aliphatic carbocycles. The Labute approximate surface area is 304 Å². The highest BCUT2D eigenvalue weighted by atomic mass is 35.5. The zero-order chi connectivity index (χ0) is 38.2. The first-order valence-corrected chi connectivity index (χ1v) is 16.2. The number of carboxylic acids is 1. The van der Waals surface area contributed by atoms with Crippen LogP contribution in [0, 0.1) is 0 Å². The SMILES string of the molecule is COc1cccc(CNC(=O)C(=O)NC[C@H](NC(=O)c2ccc(Nc3nc(NC4(c5ccc(Cl)cc5)CC4)nc(OCC(F)(F)F)n3)cc2)C(=O)O)c1. The van der Waals surface area contributed by atoms with Crippen molar-refractivity contribution in [3.63, 3.8) is 0 Å². The summed E-state index contributed by atoms with van der Waals surface area (Å²) < 4.78 is 48.7. The van der Waals surface area contributed by atoms with Crippen molar-refractivity contribution in [2.24, 2.45) is 0 Å². The minimum absolute atomic E-state index is 0.0107. The van der Waals surface area contributed by atoms with Gasteiger partial charge in [-0.3, -0.25) is 14.4 Å². The number of halogens is 4. The molecule has 3 aromatic carbocycles. The summed E-state index contributed by atoms with van der Waals surface area (Å²) in [6, 6.07) is 17.2. The molecular formula is C34H32ClF3N8O7. The van der Waals surface area contributed by atoms with Crippen LogP contribution in [0.25, 0.3) is 0 Å². The van der Waals surface area contributed by atoms with Gasteiger partial charge >= 0.3 is 30.0 Å². The van der Waals surface area contributed by atoms with E-state index in [1.54, 1.807) is 36.4 Å². The second-order valence-corrected chi connectivity index (χ2v) is 12.1. The molecule has 1 atom stereocenters. The van der Waals surface area contributed by atoms with Crippen molar-refractivity contribution in [2.45, 2.75) is 37.1 Å². The minimum Gasteiger partial charge on any atom is -0.497 e. The molecule has 6 N–H and O–H groups in total. The first-order valence-electron chi connectivity index (χ1n) is 15.8. The maximum atomic E-state index is 12.9. The van der Waals surface area contributed by atoms with E-state index < -0.39 is 60.6 Å². The smallest absolute Gasteiger partial charge is 0.422 e. The Morgan fingerprint density at radius 2 is 1.60 bits per heavy atom. The molecule has 0 radical (unpaired) electrons. The van der Waals surface area contributed by atoms with E-state index in [0.29, 0.717) is 34.9 Å². The lowest BCUT2D eigenvalue weighted by Gasteiger charge is -2.19. The number of ether oxygens (including phenoxy) is 2. The van der Waals surface area contributed by atoms with Gasteiger partial charge in [0.15, 0.2) is 6.61 Å². The molecule has 15 nitrogen and oxygen atoms in total. The molecule has 1 aliphatic rings. The Bertz CT molecular complexity index is 1960. The van der Waals surface area contributed by atoms with Crippen molar-refractivity contribution < 1.29 is 46.9 Å². The van der Waals surface area contributed by atoms with Gasteiger partial charge in [-0.25, -0.2) is 4.79 Å². The molecule has 0 unspecified atom stereocenters. The van der Waals surface area contributed by atoms with E-state index >= 15 is 0 Å². The Morgan fingerprint density at radius 1 is 0.925 bits per heavy atom. The maximum Gasteiger partial charge on any atom is 0.422 e. The third-order valence-electron chi connectivity index (χ3n) is 7.74. The van der Waals surface area contributed by atoms with Crippen LogP contribution < -0.4 is 36.1 Å². The molecule has 0 spiro atoms. The van der Waals surface area contributed by atoms with Gasteiger partial charge in [0.1, 0.15) is 11.8 Å². The van der Waals surface area contributed by atoms with Crippen molar-refractivity contribution in [1.29, 1.82) is 0 Å². The van der Waals surface area contributed by atoms with Crippen LogP contribution in [0.3, 0.4) is 0 Å². The van der Waals surface area contributed by atoms with Gasteiger partial charge in [-0.2, -0.15) is 28.1 Å². The number of hydrogen-bond donors (Lipinski definition) is 6. The number of hydrogen-bond acceptors (Lipinski definition) is 11. The molecule has 1 saturated carbocycles. The van der Waals surface area contributed by atoms with Gasteiger partial charge in [0, 0.05) is 29.4 Å². The molecule has 1 fully saturated rings. The number of amides is 3. The lowest BCUT2D eigenvalue weighted by molar-refractivity contribution is -0.154. The molecule has 19 heteroatoms. The maximum absolute atomic E-state index is 12.9. The normalized spacial score (nSPS) is 13.5. The van der Waals surface area contributed by atoms with Crippen molar-refractivity contribution in [3.05, 3.63) is 94.5 Å². The van der Waals surface area contributed by atoms with Gasteiger partial charge in [0.05, 0.1) is 12.6 Å². The van der Waals surface area contributed by atoms with E-state index in [9.17, 15) is 37.5 Å². The van der Waals surface area contributed by atoms with Crippen LogP contribution in [0.5, 0.6) is 11.8 Å². The van der Waals surface area contributed by atoms with E-state index in [-0.39, 0.29) is 24.0 Å². The Morgan fingerprint density at radius 3 is 2.25 bits per heavy atom. The summed E-state index contributed by atoms with van der Waals surface area (Å²) in [5.41, 5.74) is 1.30. The number of aliphatic carboxylic acids is 1. The predicted octanol–water partition coefficient (Wildman–Crippen LogP) is 3.94. The minimum atomic E-state index is -4.65. The van der Waals surface area contributed by atoms with Crippen molar-refractivity contribution in [3.8, 4) is 11.8 Å². The second kappa shape index (κ2) is 16.4. The van der Waals surface area contributed by atoms with Crippen LogP contribution in [-0.4, -0.2) is 76.2 Å². The van der Waals surface area contributed by atoms with E-state index in [0.717, 1.165) is 5.56 Å². The third kappa shape index (κ3) is 10.9. The van der Waals surface area contributed by atoms with Crippen LogP contribution >= 0.6 is 11.6 Å². The van der Waals surface area contributed by atoms with Crippen LogP contribution in [0.4, 0.5) is 30.8 Å². The summed E-state index contributed by atoms with van der Waals surface area (Å²) in [6.45, 7) is -2.23. The van der Waals surface area contributed by atoms with Crippen LogP contribution in [0.2, 0.25) is 5.02 Å². The molecule has 5 rings (SSSR count). The van der Waals surface area contributed by atoms with Gasteiger partial charge in [0.2, 0.25) is 11.9 Å². The number of rotatable bonds is 15. The number of anilines is 3. The molecule has 0 aliphatic heterocycles. The largest absolute Gasteiger partial charge is 0.497 e. The first-order chi connectivity index (χ1) is 25.2. The molecule has 53 heavy (non-hydrogen) atoms. The zero-order valence-electron chi connectivity index (χ0n) is 27.8. The Balaban J connectivity index is 1.19. The molecular weight excluding hydrogens is 725 g/mol. The molecule has 4 aromatic rings. The lowest BCUT2D eigenvalue weighted by Crippen LogP contribution is -2.50. The van der Waals surface area contributed by atoms with Gasteiger partial charge in [-0.15, -0.1) is 0 Å². The van der Waals surface area contributed by atoms with E-state index in [2.05, 4.69) is 41.5 Å². The number of nitrogens with zero attached hydrogens (tertiary/aromatic N) is 3. The zero-order valence-corrected chi connectivity index (χ0v) is 28.5. The summed E-state index contributed by atoms with van der Waals surface area (Å²) in [5, 5.41) is 23.0. The fraction of sp³-hybridized carbons (Fsp3) is 0.265. The number of methoxy groups -OCH3 is 1. The van der Waals surface area contributed by atoms with Crippen molar-refractivity contribution >= 4 is 52.9 Å². The number of carbonyl (C=O) groups is 4. The Hall–Kier alpha value is -6.17. The number of benzene rings is 3. The monoisotopic (exact) mass is 756 g/mol. The number of alkyl halides is 3. The molecule has 0 bridgehead atoms. The van der Waals surface area contributed by atoms with E-state index in [1.807, 2.05) is 12.1 Å². The van der Waals surface area contributed by atoms with Gasteiger partial charge < -0.3 is 41.2 Å². The van der Waals surface area contributed by atoms with Crippen LogP contribution in [0.15, 0.2) is 72.8 Å². The van der Waals surface area contributed by atoms with E-state index in [1.165, 1.54) is 31.4 Å². The van der Waals surface area contributed by atoms with Gasteiger partial charge in [0.25, 0.3) is 5.91 Å². The van der Waals surface area contributed by atoms with Crippen LogP contribution in [-0.2, 0) is 26.5 Å². The molecule has 1 heterocycles. The highest BCUT2D eigenvalue weighted by molar-refractivity contribution is 6.35. The van der Waals surface area contributed by atoms with Crippen molar-refractivity contribution in [2.75, 3.05) is 30.9 Å². The molecule has 1 aromatic heterocycles. The topological polar surface area (TPSA) is 206 Å². The van der Waals surface area contributed by atoms with Gasteiger partial charge in [-0.1, -0.05) is 35.9 Å². The predicted molar refractivity (Wildman–Crippen MR) is 184 cm³/mol. The average Bonchev–Trinajstić information content (AvgIpc) is 3.91. The fourth-order valence-electron chi connectivity index (χ4n) is 4.87. The number of carbonyl (C=O) groups excluding carboxylic acids is 3. The highest BCUT2D eigenvalue weighted by Crippen LogP contribution is 2.48. The molecule has 278 valence electrons. The summed E-state index contributed by atoms with van der Waals surface area (Å²) in [7, 11) is 1.48. The third-order valence-corrected chi connectivity index (χ3v) is 8.00. The number of aromatic nitrogens is 3. The quantitative estimate of drug-likeness (QED) is 0.0955. The fourth-order valence-corrected chi connectivity index (χ4v) is 4.99. The summed E-state index contributed by atoms with van der Waals surface area (Å²) in [5.74, 6) is -4.07. The summed E-state index contributed by atoms with van der Waals surface area (Å²) >= 11 is 6.01. The second-order valence-electron chi connectivity index (χ2n) is 11.7. The van der Waals surface area contributed by atoms with Gasteiger partial charge in [-0.05, 0) is 72.5 Å². The average molecular weight is 757 g/mol. The standard InChI is InChI=1S/C34H32ClF3N8O7/c1-52-24-4-2-3-19(15-24)16-39-27(48)28(49)40-17-25(29(50)51)42-26(47)20-5-11-23(12-6-20)41-30-43-31(45-32(44-30)53-18-34(36,37)38)46-33(13-14-33)21-7-9-22(35)10-8-21/h2-12,15,25H,13-14,16-18H2,1H3,(H,39,48)(H,40,49)(H,42,47)(H,50,51)(H2,41,43,44,45,46)/t25-/m0/s1. The van der Waals surface area contributed by atoms with Crippen molar-refractivity contribution in [1.82, 2.24) is 30.9 Å². The number of carboxylic acid groups (broad SMARTS) is 1. The lowest BCUT2D eigenvalue weighted by atomic mass is 10.1.